The Balaban J connectivity index is 1.79. The Bertz CT molecular complexity index is 820. The highest BCUT2D eigenvalue weighted by molar-refractivity contribution is 8.03. The van der Waals surface area contributed by atoms with Gasteiger partial charge in [0.1, 0.15) is 11.5 Å². The summed E-state index contributed by atoms with van der Waals surface area (Å²) >= 11 is 1.58. The van der Waals surface area contributed by atoms with Gasteiger partial charge < -0.3 is 19.7 Å². The minimum absolute atomic E-state index is 0.172. The number of hydrogen-bond donors (Lipinski definition) is 1. The second-order valence-corrected chi connectivity index (χ2v) is 6.45. The molecule has 0 radical (unpaired) electrons. The summed E-state index contributed by atoms with van der Waals surface area (Å²) in [6.45, 7) is 2.83. The molecule has 0 saturated carbocycles. The van der Waals surface area contributed by atoms with Crippen molar-refractivity contribution in [2.45, 2.75) is 11.8 Å². The lowest BCUT2D eigenvalue weighted by molar-refractivity contribution is -0.111. The third-order valence-electron chi connectivity index (χ3n) is 3.85. The molecule has 1 heterocycles. The Morgan fingerprint density at radius 2 is 1.92 bits per heavy atom. The van der Waals surface area contributed by atoms with Gasteiger partial charge in [-0.15, -0.1) is 0 Å². The number of methoxy groups -OCH3 is 2. The minimum Gasteiger partial charge on any atom is -0.497 e. The molecule has 0 saturated heterocycles. The monoisotopic (exact) mass is 356 g/mol. The van der Waals surface area contributed by atoms with E-state index < -0.39 is 0 Å². The van der Waals surface area contributed by atoms with Gasteiger partial charge in [-0.1, -0.05) is 17.8 Å². The fourth-order valence-electron chi connectivity index (χ4n) is 2.63. The van der Waals surface area contributed by atoms with Crippen LogP contribution in [0.25, 0.3) is 0 Å². The summed E-state index contributed by atoms with van der Waals surface area (Å²) in [5, 5.41) is 3.77. The summed E-state index contributed by atoms with van der Waals surface area (Å²) in [5.41, 5.74) is 1.76. The van der Waals surface area contributed by atoms with Gasteiger partial charge in [-0.05, 0) is 31.2 Å². The van der Waals surface area contributed by atoms with Crippen LogP contribution in [-0.4, -0.2) is 26.7 Å². The predicted octanol–water partition coefficient (Wildman–Crippen LogP) is 4.12. The van der Waals surface area contributed by atoms with Gasteiger partial charge in [0.25, 0.3) is 5.91 Å². The standard InChI is InChI=1S/C19H20N2O3S/c1-4-21-16-11-15(24-3)8-9-17(16)25-19(21)12-18(22)20-13-6-5-7-14(10-13)23-2/h5-12H,4H2,1-3H3,(H,20,22)/b19-12-. The second kappa shape index (κ2) is 7.53. The van der Waals surface area contributed by atoms with Crippen LogP contribution in [0, 0.1) is 0 Å². The van der Waals surface area contributed by atoms with Crippen LogP contribution in [0.15, 0.2) is 58.5 Å². The first-order chi connectivity index (χ1) is 12.1. The van der Waals surface area contributed by atoms with Crippen molar-refractivity contribution < 1.29 is 14.3 Å². The van der Waals surface area contributed by atoms with Gasteiger partial charge in [0.15, 0.2) is 0 Å². The maximum Gasteiger partial charge on any atom is 0.251 e. The smallest absolute Gasteiger partial charge is 0.251 e. The molecule has 1 aliphatic rings. The molecule has 2 aromatic rings. The number of anilines is 2. The van der Waals surface area contributed by atoms with Gasteiger partial charge in [0.2, 0.25) is 0 Å². The van der Waals surface area contributed by atoms with Crippen LogP contribution >= 0.6 is 11.8 Å². The number of amides is 1. The van der Waals surface area contributed by atoms with E-state index in [9.17, 15) is 4.79 Å². The number of ether oxygens (including phenoxy) is 2. The molecule has 0 aromatic heterocycles. The van der Waals surface area contributed by atoms with Crippen molar-refractivity contribution in [2.24, 2.45) is 0 Å². The number of carbonyl (C=O) groups excluding carboxylic acids is 1. The van der Waals surface area contributed by atoms with Crippen molar-refractivity contribution in [2.75, 3.05) is 31.0 Å². The summed E-state index contributed by atoms with van der Waals surface area (Å²) < 4.78 is 10.5. The number of benzene rings is 2. The molecule has 0 spiro atoms. The van der Waals surface area contributed by atoms with E-state index in [1.807, 2.05) is 36.4 Å². The lowest BCUT2D eigenvalue weighted by atomic mass is 10.2. The zero-order valence-electron chi connectivity index (χ0n) is 14.4. The minimum atomic E-state index is -0.172. The molecule has 0 bridgehead atoms. The molecule has 130 valence electrons. The van der Waals surface area contributed by atoms with Gasteiger partial charge in [0.05, 0.1) is 24.9 Å². The SMILES string of the molecule is CCN1/C(=C/C(=O)Nc2cccc(OC)c2)Sc2ccc(OC)cc21. The van der Waals surface area contributed by atoms with E-state index in [0.717, 1.165) is 27.9 Å². The van der Waals surface area contributed by atoms with E-state index in [2.05, 4.69) is 17.1 Å². The molecule has 5 nitrogen and oxygen atoms in total. The zero-order valence-corrected chi connectivity index (χ0v) is 15.2. The number of rotatable bonds is 5. The fraction of sp³-hybridized carbons (Fsp3) is 0.211. The average molecular weight is 356 g/mol. The number of nitrogens with one attached hydrogen (secondary N) is 1. The highest BCUT2D eigenvalue weighted by atomic mass is 32.2. The normalized spacial score (nSPS) is 14.4. The highest BCUT2D eigenvalue weighted by Gasteiger charge is 2.25. The topological polar surface area (TPSA) is 50.8 Å². The second-order valence-electron chi connectivity index (χ2n) is 5.38. The first-order valence-electron chi connectivity index (χ1n) is 7.94. The Morgan fingerprint density at radius 3 is 2.64 bits per heavy atom. The number of nitrogens with zero attached hydrogens (tertiary/aromatic N) is 1. The largest absolute Gasteiger partial charge is 0.497 e. The van der Waals surface area contributed by atoms with Crippen molar-refractivity contribution >= 4 is 29.0 Å². The highest BCUT2D eigenvalue weighted by Crippen LogP contribution is 2.47. The van der Waals surface area contributed by atoms with Crippen LogP contribution in [0.4, 0.5) is 11.4 Å². The van der Waals surface area contributed by atoms with E-state index in [-0.39, 0.29) is 5.91 Å². The molecule has 1 amide bonds. The van der Waals surface area contributed by atoms with Gasteiger partial charge in [-0.25, -0.2) is 0 Å². The molecular formula is C19H20N2O3S. The molecule has 0 unspecified atom stereocenters. The molecule has 0 aliphatic carbocycles. The maximum absolute atomic E-state index is 12.4. The maximum atomic E-state index is 12.4. The first-order valence-corrected chi connectivity index (χ1v) is 8.76. The molecule has 1 aliphatic heterocycles. The van der Waals surface area contributed by atoms with E-state index in [4.69, 9.17) is 9.47 Å². The molecule has 3 rings (SSSR count). The van der Waals surface area contributed by atoms with Crippen LogP contribution in [-0.2, 0) is 4.79 Å². The van der Waals surface area contributed by atoms with Gasteiger partial charge in [-0.3, -0.25) is 4.79 Å². The van der Waals surface area contributed by atoms with Crippen molar-refractivity contribution in [1.29, 1.82) is 0 Å². The van der Waals surface area contributed by atoms with Crippen LogP contribution in [0.5, 0.6) is 11.5 Å². The van der Waals surface area contributed by atoms with Gasteiger partial charge in [-0.2, -0.15) is 0 Å². The predicted molar refractivity (Wildman–Crippen MR) is 102 cm³/mol. The third kappa shape index (κ3) is 3.74. The van der Waals surface area contributed by atoms with Crippen molar-refractivity contribution in [3.05, 3.63) is 53.6 Å². The average Bonchev–Trinajstić information content (AvgIpc) is 2.97. The Labute approximate surface area is 151 Å². The van der Waals surface area contributed by atoms with Crippen molar-refractivity contribution in [1.82, 2.24) is 0 Å². The molecule has 25 heavy (non-hydrogen) atoms. The quantitative estimate of drug-likeness (QED) is 0.817. The molecule has 0 atom stereocenters. The summed E-state index contributed by atoms with van der Waals surface area (Å²) in [5.74, 6) is 1.34. The third-order valence-corrected chi connectivity index (χ3v) is 4.96. The number of thioether (sulfide) groups is 1. The molecular weight excluding hydrogens is 336 g/mol. The van der Waals surface area contributed by atoms with Crippen LogP contribution < -0.4 is 19.7 Å². The molecule has 2 aromatic carbocycles. The van der Waals surface area contributed by atoms with Crippen LogP contribution in [0.2, 0.25) is 0 Å². The van der Waals surface area contributed by atoms with Crippen LogP contribution in [0.1, 0.15) is 6.92 Å². The van der Waals surface area contributed by atoms with Crippen molar-refractivity contribution in [3.8, 4) is 11.5 Å². The number of fused-ring (bicyclic) bond motifs is 1. The van der Waals surface area contributed by atoms with E-state index in [1.165, 1.54) is 0 Å². The Hall–Kier alpha value is -2.60. The van der Waals surface area contributed by atoms with E-state index >= 15 is 0 Å². The lowest BCUT2D eigenvalue weighted by Crippen LogP contribution is -2.19. The molecule has 1 N–H and O–H groups in total. The Kier molecular flexibility index (Phi) is 5.19. The summed E-state index contributed by atoms with van der Waals surface area (Å²) in [4.78, 5) is 15.6. The summed E-state index contributed by atoms with van der Waals surface area (Å²) in [7, 11) is 3.25. The summed E-state index contributed by atoms with van der Waals surface area (Å²) in [6.07, 6.45) is 1.63. The van der Waals surface area contributed by atoms with Gasteiger partial charge in [0, 0.05) is 35.3 Å². The van der Waals surface area contributed by atoms with E-state index in [1.54, 1.807) is 38.1 Å². The molecule has 6 heteroatoms. The first kappa shape index (κ1) is 17.2. The van der Waals surface area contributed by atoms with Crippen molar-refractivity contribution in [3.63, 3.8) is 0 Å². The van der Waals surface area contributed by atoms with E-state index in [0.29, 0.717) is 11.4 Å². The zero-order chi connectivity index (χ0) is 17.8. The van der Waals surface area contributed by atoms with Crippen LogP contribution in [0.3, 0.4) is 0 Å². The Morgan fingerprint density at radius 1 is 1.16 bits per heavy atom. The number of carbonyl (C=O) groups is 1. The molecule has 0 fully saturated rings. The van der Waals surface area contributed by atoms with Gasteiger partial charge >= 0.3 is 0 Å². The number of hydrogen-bond acceptors (Lipinski definition) is 5. The lowest BCUT2D eigenvalue weighted by Gasteiger charge is -2.18. The summed E-state index contributed by atoms with van der Waals surface area (Å²) in [6, 6.07) is 13.2. The fourth-order valence-corrected chi connectivity index (χ4v) is 3.77.